The second kappa shape index (κ2) is 23.2. The molecular formula is C26H16MnNa4O18S8. The van der Waals surface area contributed by atoms with Gasteiger partial charge in [-0.05, 0) is 48.5 Å². The fraction of sp³-hybridized carbons (Fsp3) is 0.0385. The smallest absolute Gasteiger partial charge is 0.744 e. The van der Waals surface area contributed by atoms with Crippen LogP contribution < -0.4 is 118 Å². The van der Waals surface area contributed by atoms with Crippen LogP contribution in [0.25, 0.3) is 0 Å². The Balaban J connectivity index is 0. The Morgan fingerprint density at radius 1 is 0.421 bits per heavy atom. The summed E-state index contributed by atoms with van der Waals surface area (Å²) in [5.41, 5.74) is 0. The molecule has 4 aromatic rings. The maximum absolute atomic E-state index is 12.0. The molecule has 0 aliphatic carbocycles. The predicted octanol–water partition coefficient (Wildman–Crippen LogP) is -8.85. The van der Waals surface area contributed by atoms with Gasteiger partial charge in [-0.1, -0.05) is 47.0 Å². The Hall–Kier alpha value is 1.11. The first-order valence-corrected chi connectivity index (χ1v) is 21.8. The molecule has 5 N–H and O–H groups in total. The van der Waals surface area contributed by atoms with Gasteiger partial charge >= 0.3 is 118 Å². The number of carboxylic acid groups (broad SMARTS) is 1. The fourth-order valence-electron chi connectivity index (χ4n) is 3.91. The summed E-state index contributed by atoms with van der Waals surface area (Å²) in [5, 5.41) is 51.8. The largest absolute Gasteiger partial charge is 1.00 e. The Bertz CT molecular complexity index is 2180. The maximum atomic E-state index is 12.0. The molecule has 0 saturated heterocycles. The first-order valence-electron chi connectivity index (χ1n) is 12.9. The molecule has 0 saturated carbocycles. The van der Waals surface area contributed by atoms with Gasteiger partial charge < -0.3 is 43.7 Å². The van der Waals surface area contributed by atoms with E-state index in [-0.39, 0.29) is 182 Å². The molecule has 31 heteroatoms. The standard InChI is InChI=1S/C24H16O16S8.C2H4O2.Mn.4Na/c25-21-13-1-9(45(29,30)31)2-14(21)42-17-5-11(47(35,36)37)6-18(23(17)27)44-20-8-12(48(38,39)40)7-19(24(20)28)43-16-4-10(46(32,33)34)3-15(41-13)22(16)26;1-2(3)4;;;;;/h1-8,25-28H,(H,29,30,31)(H,32,33,34)(H,35,36,37)(H,38,39,40);1H3,(H,3,4);;;;;/q;;;4*+1/p-4. The van der Waals surface area contributed by atoms with E-state index in [1.165, 1.54) is 0 Å². The quantitative estimate of drug-likeness (QED) is 0.0824. The number of carboxylic acids is 1. The number of hydrogen-bond donors (Lipinski definition) is 5. The predicted molar refractivity (Wildman–Crippen MR) is 174 cm³/mol. The average Bonchev–Trinajstić information content (AvgIpc) is 2.97. The van der Waals surface area contributed by atoms with Gasteiger partial charge in [-0.15, -0.1) is 0 Å². The Morgan fingerprint density at radius 3 is 0.614 bits per heavy atom. The van der Waals surface area contributed by atoms with E-state index in [0.29, 0.717) is 48.5 Å². The van der Waals surface area contributed by atoms with E-state index in [0.717, 1.165) is 6.92 Å². The molecule has 0 amide bonds. The van der Waals surface area contributed by atoms with E-state index in [9.17, 15) is 72.3 Å². The molecule has 1 aliphatic rings. The van der Waals surface area contributed by atoms with Crippen LogP contribution in [0.5, 0.6) is 23.0 Å². The van der Waals surface area contributed by atoms with Crippen LogP contribution in [0.2, 0.25) is 0 Å². The number of rotatable bonds is 4. The van der Waals surface area contributed by atoms with Crippen LogP contribution in [0.4, 0.5) is 0 Å². The zero-order valence-electron chi connectivity index (χ0n) is 29.3. The second-order valence-electron chi connectivity index (χ2n) is 9.82. The van der Waals surface area contributed by atoms with E-state index in [1.807, 2.05) is 0 Å². The van der Waals surface area contributed by atoms with Crippen LogP contribution in [-0.2, 0) is 62.3 Å². The summed E-state index contributed by atoms with van der Waals surface area (Å²) in [6.07, 6.45) is 0. The van der Waals surface area contributed by atoms with Crippen LogP contribution >= 0.6 is 47.0 Å². The van der Waals surface area contributed by atoms with Crippen LogP contribution in [-0.4, -0.2) is 83.4 Å². The minimum Gasteiger partial charge on any atom is -0.744 e. The number of phenols is 4. The molecule has 0 aromatic heterocycles. The molecule has 5 rings (SSSR count). The minimum atomic E-state index is -5.32. The van der Waals surface area contributed by atoms with E-state index in [1.54, 1.807) is 0 Å². The number of aliphatic carboxylic acids is 1. The molecule has 57 heavy (non-hydrogen) atoms. The van der Waals surface area contributed by atoms with Crippen LogP contribution in [0.3, 0.4) is 0 Å². The van der Waals surface area contributed by atoms with Crippen molar-refractivity contribution in [1.82, 2.24) is 0 Å². The second-order valence-corrected chi connectivity index (χ2v) is 19.7. The summed E-state index contributed by atoms with van der Waals surface area (Å²) in [5.74, 6) is -4.26. The summed E-state index contributed by atoms with van der Waals surface area (Å²) in [6, 6.07) is 5.00. The molecule has 1 aliphatic heterocycles. The molecule has 1 radical (unpaired) electrons. The number of carbonyl (C=O) groups is 1. The molecule has 0 unspecified atom stereocenters. The van der Waals surface area contributed by atoms with E-state index in [4.69, 9.17) is 9.90 Å². The molecule has 18 nitrogen and oxygen atoms in total. The number of benzene rings is 4. The Morgan fingerprint density at radius 2 is 0.526 bits per heavy atom. The average molecular weight is 1020 g/mol. The van der Waals surface area contributed by atoms with Crippen molar-refractivity contribution < 1.29 is 218 Å². The van der Waals surface area contributed by atoms with Crippen molar-refractivity contribution in [1.29, 1.82) is 0 Å². The number of phenolic OH excluding ortho intramolecular Hbond substituents is 4. The third-order valence-electron chi connectivity index (χ3n) is 6.09. The van der Waals surface area contributed by atoms with Crippen molar-refractivity contribution >= 4 is 93.5 Å². The first kappa shape index (κ1) is 60.2. The normalized spacial score (nSPS) is 12.3. The summed E-state index contributed by atoms with van der Waals surface area (Å²) >= 11 is 0.937. The number of hydrogen-bond acceptors (Lipinski definition) is 21. The molecule has 4 aromatic carbocycles. The number of fused-ring (bicyclic) bond motifs is 8. The van der Waals surface area contributed by atoms with Gasteiger partial charge in [0.15, 0.2) is 0 Å². The fourth-order valence-corrected chi connectivity index (χ4v) is 10.9. The van der Waals surface area contributed by atoms with Crippen molar-refractivity contribution in [2.45, 2.75) is 65.7 Å². The SMILES string of the molecule is CC(=O)O.O=S(=O)([O-])c1cc2c(O)c(c1)Sc1cc(S(=O)(=O)[O-])cc(c1O)Sc1cc(S(=O)(=O)[O-])cc(c1O)Sc1cc(S(=O)(=O)[O-])cc(c1O)S2.[Mn].[Na+].[Na+].[Na+].[Na+]. The van der Waals surface area contributed by atoms with Gasteiger partial charge in [0.25, 0.3) is 5.97 Å². The topological polar surface area (TPSA) is 347 Å². The third kappa shape index (κ3) is 15.7. The Labute approximate surface area is 441 Å². The van der Waals surface area contributed by atoms with Gasteiger partial charge in [-0.3, -0.25) is 4.79 Å². The van der Waals surface area contributed by atoms with Crippen LogP contribution in [0.15, 0.2) is 107 Å². The van der Waals surface area contributed by atoms with Crippen molar-refractivity contribution in [2.24, 2.45) is 0 Å². The van der Waals surface area contributed by atoms with E-state index < -0.39 is 128 Å². The van der Waals surface area contributed by atoms with E-state index >= 15 is 0 Å². The molecule has 8 bridgehead atoms. The summed E-state index contributed by atoms with van der Waals surface area (Å²) < 4.78 is 144. The monoisotopic (exact) mass is 1020 g/mol. The summed E-state index contributed by atoms with van der Waals surface area (Å²) in [6.45, 7) is 1.08. The first-order chi connectivity index (χ1) is 23.7. The zero-order chi connectivity index (χ0) is 39.3. The third-order valence-corrected chi connectivity index (χ3v) is 13.6. The number of aromatic hydroxyl groups is 4. The Kier molecular flexibility index (Phi) is 24.5. The van der Waals surface area contributed by atoms with Gasteiger partial charge in [0.05, 0.1) is 58.7 Å². The van der Waals surface area contributed by atoms with Crippen molar-refractivity contribution in [3.05, 3.63) is 48.5 Å². The van der Waals surface area contributed by atoms with Gasteiger partial charge in [0, 0.05) is 24.0 Å². The van der Waals surface area contributed by atoms with Crippen molar-refractivity contribution in [3.63, 3.8) is 0 Å². The molecule has 287 valence electrons. The summed E-state index contributed by atoms with van der Waals surface area (Å²) in [7, 11) is -21.3. The minimum absolute atomic E-state index is 0. The van der Waals surface area contributed by atoms with E-state index in [2.05, 4.69) is 0 Å². The molecule has 0 atom stereocenters. The zero-order valence-corrected chi connectivity index (χ0v) is 45.0. The maximum Gasteiger partial charge on any atom is 1.00 e. The summed E-state index contributed by atoms with van der Waals surface area (Å²) in [4.78, 5) is 0.556. The molecular weight excluding hydrogens is 1000 g/mol. The van der Waals surface area contributed by atoms with Gasteiger partial charge in [0.1, 0.15) is 63.5 Å². The molecule has 0 spiro atoms. The van der Waals surface area contributed by atoms with Gasteiger partial charge in [0.2, 0.25) is 0 Å². The van der Waals surface area contributed by atoms with Crippen molar-refractivity contribution in [2.75, 3.05) is 0 Å². The molecule has 1 heterocycles. The van der Waals surface area contributed by atoms with Crippen molar-refractivity contribution in [3.8, 4) is 23.0 Å². The van der Waals surface area contributed by atoms with Crippen LogP contribution in [0.1, 0.15) is 6.92 Å². The van der Waals surface area contributed by atoms with Gasteiger partial charge in [-0.25, -0.2) is 33.7 Å². The molecule has 0 fully saturated rings. The van der Waals surface area contributed by atoms with Crippen LogP contribution in [0, 0.1) is 0 Å². The van der Waals surface area contributed by atoms with Gasteiger partial charge in [-0.2, -0.15) is 0 Å².